The minimum absolute atomic E-state index is 0.120. The van der Waals surface area contributed by atoms with Gasteiger partial charge >= 0.3 is 0 Å². The lowest BCUT2D eigenvalue weighted by Gasteiger charge is -2.14. The van der Waals surface area contributed by atoms with E-state index >= 15 is 0 Å². The van der Waals surface area contributed by atoms with E-state index in [1.807, 2.05) is 13.0 Å². The molecule has 0 saturated heterocycles. The van der Waals surface area contributed by atoms with Gasteiger partial charge in [0.15, 0.2) is 0 Å². The third-order valence-corrected chi connectivity index (χ3v) is 4.04. The Morgan fingerprint density at radius 2 is 2.17 bits per heavy atom. The van der Waals surface area contributed by atoms with Crippen LogP contribution in [0.1, 0.15) is 43.7 Å². The number of hydrogen-bond acceptors (Lipinski definition) is 1. The van der Waals surface area contributed by atoms with Crippen LogP contribution in [0.3, 0.4) is 0 Å². The molecule has 0 heterocycles. The second-order valence-electron chi connectivity index (χ2n) is 5.61. The van der Waals surface area contributed by atoms with Crippen molar-refractivity contribution in [3.8, 4) is 0 Å². The summed E-state index contributed by atoms with van der Waals surface area (Å²) in [6, 6.07) is 5.90. The summed E-state index contributed by atoms with van der Waals surface area (Å²) in [5, 5.41) is 3.61. The topological polar surface area (TPSA) is 12.0 Å². The summed E-state index contributed by atoms with van der Waals surface area (Å²) in [6.07, 6.45) is 6.19. The quantitative estimate of drug-likeness (QED) is 0.836. The first kappa shape index (κ1) is 13.5. The molecule has 0 bridgehead atoms. The van der Waals surface area contributed by atoms with E-state index in [1.165, 1.54) is 31.2 Å². The molecule has 1 N–H and O–H groups in total. The van der Waals surface area contributed by atoms with Crippen LogP contribution in [-0.4, -0.2) is 12.6 Å². The standard InChI is InChI=1S/C16H24FN/c1-3-8-18-16-7-4-13(11-16)10-14-5-6-15(17)9-12(14)2/h5-6,9,13,16,18H,3-4,7-8,10-11H2,1-2H3. The maximum atomic E-state index is 13.1. The van der Waals surface area contributed by atoms with E-state index in [0.717, 1.165) is 24.4 Å². The minimum Gasteiger partial charge on any atom is -0.314 e. The van der Waals surface area contributed by atoms with Gasteiger partial charge in [-0.3, -0.25) is 0 Å². The average molecular weight is 249 g/mol. The lowest BCUT2D eigenvalue weighted by atomic mass is 9.95. The van der Waals surface area contributed by atoms with Crippen LogP contribution < -0.4 is 5.32 Å². The van der Waals surface area contributed by atoms with Crippen molar-refractivity contribution in [3.05, 3.63) is 35.1 Å². The second kappa shape index (κ2) is 6.33. The third-order valence-electron chi connectivity index (χ3n) is 4.04. The van der Waals surface area contributed by atoms with Crippen LogP contribution in [0.25, 0.3) is 0 Å². The van der Waals surface area contributed by atoms with Crippen LogP contribution in [0, 0.1) is 18.7 Å². The number of rotatable bonds is 5. The van der Waals surface area contributed by atoms with E-state index < -0.39 is 0 Å². The molecule has 0 aliphatic heterocycles. The molecule has 0 radical (unpaired) electrons. The molecular weight excluding hydrogens is 225 g/mol. The number of benzene rings is 1. The third kappa shape index (κ3) is 3.55. The number of hydrogen-bond donors (Lipinski definition) is 1. The molecule has 0 spiro atoms. The summed E-state index contributed by atoms with van der Waals surface area (Å²) in [5.74, 6) is 0.647. The summed E-state index contributed by atoms with van der Waals surface area (Å²) in [6.45, 7) is 5.36. The molecule has 1 aliphatic carbocycles. The molecule has 1 aliphatic rings. The zero-order valence-corrected chi connectivity index (χ0v) is 11.5. The van der Waals surface area contributed by atoms with Gasteiger partial charge in [0.05, 0.1) is 0 Å². The summed E-state index contributed by atoms with van der Waals surface area (Å²) in [5.41, 5.74) is 2.41. The molecule has 2 unspecified atom stereocenters. The van der Waals surface area contributed by atoms with E-state index in [0.29, 0.717) is 6.04 Å². The fourth-order valence-corrected chi connectivity index (χ4v) is 2.99. The highest BCUT2D eigenvalue weighted by Gasteiger charge is 2.24. The number of nitrogens with one attached hydrogen (secondary N) is 1. The van der Waals surface area contributed by atoms with Gasteiger partial charge in [-0.05, 0) is 74.8 Å². The monoisotopic (exact) mass is 249 g/mol. The van der Waals surface area contributed by atoms with Crippen LogP contribution in [0.5, 0.6) is 0 Å². The summed E-state index contributed by atoms with van der Waals surface area (Å²) < 4.78 is 13.1. The molecule has 1 fully saturated rings. The van der Waals surface area contributed by atoms with Crippen LogP contribution in [0.2, 0.25) is 0 Å². The van der Waals surface area contributed by atoms with Crippen LogP contribution >= 0.6 is 0 Å². The minimum atomic E-state index is -0.120. The Labute approximate surface area is 110 Å². The fraction of sp³-hybridized carbons (Fsp3) is 0.625. The smallest absolute Gasteiger partial charge is 0.123 e. The summed E-state index contributed by atoms with van der Waals surface area (Å²) >= 11 is 0. The Hall–Kier alpha value is -0.890. The SMILES string of the molecule is CCCNC1CCC(Cc2ccc(F)cc2C)C1. The maximum Gasteiger partial charge on any atom is 0.123 e. The Kier molecular flexibility index (Phi) is 4.76. The first-order valence-electron chi connectivity index (χ1n) is 7.17. The van der Waals surface area contributed by atoms with Crippen molar-refractivity contribution < 1.29 is 4.39 Å². The predicted octanol–water partition coefficient (Wildman–Crippen LogP) is 3.84. The predicted molar refractivity (Wildman–Crippen MR) is 74.3 cm³/mol. The van der Waals surface area contributed by atoms with Gasteiger partial charge in [0.25, 0.3) is 0 Å². The molecule has 2 rings (SSSR count). The molecule has 1 nitrogen and oxygen atoms in total. The van der Waals surface area contributed by atoms with E-state index in [-0.39, 0.29) is 5.82 Å². The highest BCUT2D eigenvalue weighted by Crippen LogP contribution is 2.29. The Morgan fingerprint density at radius 3 is 2.89 bits per heavy atom. The van der Waals surface area contributed by atoms with Crippen molar-refractivity contribution in [2.45, 2.75) is 52.0 Å². The lowest BCUT2D eigenvalue weighted by Crippen LogP contribution is -2.27. The van der Waals surface area contributed by atoms with Crippen molar-refractivity contribution in [1.29, 1.82) is 0 Å². The first-order chi connectivity index (χ1) is 8.69. The number of aryl methyl sites for hydroxylation is 1. The fourth-order valence-electron chi connectivity index (χ4n) is 2.99. The highest BCUT2D eigenvalue weighted by molar-refractivity contribution is 5.27. The Morgan fingerprint density at radius 1 is 1.33 bits per heavy atom. The van der Waals surface area contributed by atoms with Gasteiger partial charge in [-0.25, -0.2) is 4.39 Å². The van der Waals surface area contributed by atoms with Gasteiger partial charge in [0.1, 0.15) is 5.82 Å². The zero-order valence-electron chi connectivity index (χ0n) is 11.5. The molecule has 1 saturated carbocycles. The molecule has 0 amide bonds. The van der Waals surface area contributed by atoms with Crippen molar-refractivity contribution in [3.63, 3.8) is 0 Å². The van der Waals surface area contributed by atoms with Crippen LogP contribution in [0.4, 0.5) is 4.39 Å². The molecular formula is C16H24FN. The summed E-state index contributed by atoms with van der Waals surface area (Å²) in [7, 11) is 0. The van der Waals surface area contributed by atoms with Crippen molar-refractivity contribution >= 4 is 0 Å². The lowest BCUT2D eigenvalue weighted by molar-refractivity contribution is 0.483. The Balaban J connectivity index is 1.87. The largest absolute Gasteiger partial charge is 0.314 e. The summed E-state index contributed by atoms with van der Waals surface area (Å²) in [4.78, 5) is 0. The van der Waals surface area contributed by atoms with Crippen LogP contribution in [-0.2, 0) is 6.42 Å². The van der Waals surface area contributed by atoms with Gasteiger partial charge in [-0.15, -0.1) is 0 Å². The molecule has 2 heteroatoms. The molecule has 18 heavy (non-hydrogen) atoms. The van der Waals surface area contributed by atoms with Crippen molar-refractivity contribution in [1.82, 2.24) is 5.32 Å². The van der Waals surface area contributed by atoms with Gasteiger partial charge in [0.2, 0.25) is 0 Å². The molecule has 1 aromatic carbocycles. The Bertz CT molecular complexity index is 389. The normalized spacial score (nSPS) is 23.5. The maximum absolute atomic E-state index is 13.1. The van der Waals surface area contributed by atoms with Gasteiger partial charge in [-0.2, -0.15) is 0 Å². The van der Waals surface area contributed by atoms with Crippen molar-refractivity contribution in [2.24, 2.45) is 5.92 Å². The highest BCUT2D eigenvalue weighted by atomic mass is 19.1. The van der Waals surface area contributed by atoms with E-state index in [2.05, 4.69) is 12.2 Å². The zero-order chi connectivity index (χ0) is 13.0. The van der Waals surface area contributed by atoms with Crippen LogP contribution in [0.15, 0.2) is 18.2 Å². The van der Waals surface area contributed by atoms with Gasteiger partial charge in [-0.1, -0.05) is 13.0 Å². The molecule has 2 atom stereocenters. The molecule has 0 aromatic heterocycles. The first-order valence-corrected chi connectivity index (χ1v) is 7.17. The second-order valence-corrected chi connectivity index (χ2v) is 5.61. The van der Waals surface area contributed by atoms with E-state index in [9.17, 15) is 4.39 Å². The molecule has 1 aromatic rings. The van der Waals surface area contributed by atoms with Crippen molar-refractivity contribution in [2.75, 3.05) is 6.54 Å². The van der Waals surface area contributed by atoms with E-state index in [4.69, 9.17) is 0 Å². The molecule has 100 valence electrons. The van der Waals surface area contributed by atoms with Gasteiger partial charge in [0, 0.05) is 6.04 Å². The van der Waals surface area contributed by atoms with Gasteiger partial charge < -0.3 is 5.32 Å². The van der Waals surface area contributed by atoms with E-state index in [1.54, 1.807) is 12.1 Å². The number of halogens is 1. The average Bonchev–Trinajstić information content (AvgIpc) is 2.78.